The molecular formula is C21H20N8O2. The highest BCUT2D eigenvalue weighted by Crippen LogP contribution is 2.31. The van der Waals surface area contributed by atoms with Crippen molar-refractivity contribution in [2.45, 2.75) is 25.3 Å². The number of nitrogens with zero attached hydrogens (tertiary/aromatic N) is 7. The quantitative estimate of drug-likeness (QED) is 0.539. The van der Waals surface area contributed by atoms with Gasteiger partial charge in [0.25, 0.3) is 0 Å². The van der Waals surface area contributed by atoms with Crippen molar-refractivity contribution in [2.75, 3.05) is 18.5 Å². The summed E-state index contributed by atoms with van der Waals surface area (Å²) in [5.74, 6) is 0.344. The average Bonchev–Trinajstić information content (AvgIpc) is 3.04. The van der Waals surface area contributed by atoms with Crippen molar-refractivity contribution >= 4 is 33.7 Å². The number of ether oxygens (including phenoxy) is 1. The monoisotopic (exact) mass is 416 g/mol. The largest absolute Gasteiger partial charge is 0.381 e. The predicted molar refractivity (Wildman–Crippen MR) is 114 cm³/mol. The molecule has 0 bridgehead atoms. The number of anilines is 2. The van der Waals surface area contributed by atoms with Gasteiger partial charge in [-0.3, -0.25) is 9.13 Å². The molecule has 4 aromatic rings. The Labute approximate surface area is 177 Å². The van der Waals surface area contributed by atoms with Gasteiger partial charge in [0.1, 0.15) is 11.1 Å². The fraction of sp³-hybridized carbons (Fsp3) is 0.333. The summed E-state index contributed by atoms with van der Waals surface area (Å²) < 4.78 is 8.41. The van der Waals surface area contributed by atoms with Gasteiger partial charge in [0.2, 0.25) is 5.95 Å². The molecule has 0 aliphatic carbocycles. The lowest BCUT2D eigenvalue weighted by Gasteiger charge is -2.31. The molecule has 1 N–H and O–H groups in total. The molecule has 1 aliphatic rings. The SMILES string of the molecule is Cc1cc2nnccc2cc1Nc1ncc2c(n1)n(C1(C#N)CCOCC1)c(=O)n2C. The van der Waals surface area contributed by atoms with Crippen LogP contribution in [0.4, 0.5) is 11.6 Å². The van der Waals surface area contributed by atoms with Crippen molar-refractivity contribution in [1.29, 1.82) is 5.26 Å². The number of nitrogens with one attached hydrogen (secondary N) is 1. The zero-order valence-corrected chi connectivity index (χ0v) is 17.2. The van der Waals surface area contributed by atoms with Crippen LogP contribution < -0.4 is 11.0 Å². The molecule has 4 heterocycles. The fourth-order valence-electron chi connectivity index (χ4n) is 4.05. The summed E-state index contributed by atoms with van der Waals surface area (Å²) in [5.41, 5.74) is 2.31. The maximum absolute atomic E-state index is 13.1. The first-order valence-corrected chi connectivity index (χ1v) is 9.95. The van der Waals surface area contributed by atoms with Crippen molar-refractivity contribution in [1.82, 2.24) is 29.3 Å². The average molecular weight is 416 g/mol. The number of nitriles is 1. The lowest BCUT2D eigenvalue weighted by molar-refractivity contribution is 0.0448. The van der Waals surface area contributed by atoms with E-state index in [-0.39, 0.29) is 5.69 Å². The number of hydrogen-bond donors (Lipinski definition) is 1. The van der Waals surface area contributed by atoms with E-state index in [0.29, 0.717) is 43.2 Å². The van der Waals surface area contributed by atoms with Gasteiger partial charge in [0, 0.05) is 44.2 Å². The Morgan fingerprint density at radius 2 is 2.10 bits per heavy atom. The van der Waals surface area contributed by atoms with E-state index < -0.39 is 5.54 Å². The highest BCUT2D eigenvalue weighted by molar-refractivity contribution is 5.84. The summed E-state index contributed by atoms with van der Waals surface area (Å²) in [7, 11) is 1.66. The number of imidazole rings is 1. The molecule has 1 aromatic carbocycles. The zero-order valence-electron chi connectivity index (χ0n) is 17.2. The lowest BCUT2D eigenvalue weighted by atomic mass is 9.91. The summed E-state index contributed by atoms with van der Waals surface area (Å²) in [6.07, 6.45) is 4.11. The second-order valence-corrected chi connectivity index (χ2v) is 7.72. The number of rotatable bonds is 3. The van der Waals surface area contributed by atoms with E-state index in [4.69, 9.17) is 4.74 Å². The predicted octanol–water partition coefficient (Wildman–Crippen LogP) is 2.15. The molecule has 1 fully saturated rings. The Balaban J connectivity index is 1.63. The van der Waals surface area contributed by atoms with Gasteiger partial charge in [-0.2, -0.15) is 20.4 Å². The fourth-order valence-corrected chi connectivity index (χ4v) is 4.05. The molecule has 0 atom stereocenters. The first-order chi connectivity index (χ1) is 15.0. The minimum Gasteiger partial charge on any atom is -0.381 e. The topological polar surface area (TPSA) is 124 Å². The third kappa shape index (κ3) is 3.02. The molecule has 0 spiro atoms. The van der Waals surface area contributed by atoms with Crippen LogP contribution in [-0.4, -0.2) is 42.5 Å². The molecule has 0 saturated carbocycles. The third-order valence-electron chi connectivity index (χ3n) is 5.86. The molecule has 5 rings (SSSR count). The minimum atomic E-state index is -0.988. The highest BCUT2D eigenvalue weighted by atomic mass is 16.5. The number of hydrogen-bond acceptors (Lipinski definition) is 8. The first-order valence-electron chi connectivity index (χ1n) is 9.95. The molecule has 0 radical (unpaired) electrons. The molecule has 0 unspecified atom stereocenters. The van der Waals surface area contributed by atoms with Crippen LogP contribution >= 0.6 is 0 Å². The van der Waals surface area contributed by atoms with Crippen LogP contribution in [0.2, 0.25) is 0 Å². The molecule has 10 nitrogen and oxygen atoms in total. The number of benzene rings is 1. The van der Waals surface area contributed by atoms with Crippen LogP contribution in [0.3, 0.4) is 0 Å². The standard InChI is InChI=1S/C21H20N8O2/c1-13-9-16-14(3-6-24-27-16)10-15(13)25-19-23-11-17-18(26-19)29(20(30)28(17)2)21(12-22)4-7-31-8-5-21/h3,6,9-11H,4-5,7-8H2,1-2H3,(H,23,25,26). The Hall–Kier alpha value is -3.84. The summed E-state index contributed by atoms with van der Waals surface area (Å²) in [6.45, 7) is 2.80. The van der Waals surface area contributed by atoms with Gasteiger partial charge in [-0.05, 0) is 30.7 Å². The van der Waals surface area contributed by atoms with Gasteiger partial charge < -0.3 is 10.1 Å². The molecule has 1 saturated heterocycles. The second kappa shape index (κ2) is 7.14. The van der Waals surface area contributed by atoms with Gasteiger partial charge in [0.15, 0.2) is 5.65 Å². The van der Waals surface area contributed by atoms with Crippen LogP contribution in [-0.2, 0) is 17.3 Å². The smallest absolute Gasteiger partial charge is 0.331 e. The highest BCUT2D eigenvalue weighted by Gasteiger charge is 2.38. The summed E-state index contributed by atoms with van der Waals surface area (Å²) in [6, 6.07) is 8.13. The maximum Gasteiger partial charge on any atom is 0.331 e. The van der Waals surface area contributed by atoms with Crippen LogP contribution in [0.5, 0.6) is 0 Å². The summed E-state index contributed by atoms with van der Waals surface area (Å²) in [5, 5.41) is 22.2. The van der Waals surface area contributed by atoms with Gasteiger partial charge >= 0.3 is 5.69 Å². The van der Waals surface area contributed by atoms with Crippen LogP contribution in [0.15, 0.2) is 35.4 Å². The van der Waals surface area contributed by atoms with E-state index in [9.17, 15) is 10.1 Å². The zero-order chi connectivity index (χ0) is 21.6. The summed E-state index contributed by atoms with van der Waals surface area (Å²) >= 11 is 0. The molecular weight excluding hydrogens is 396 g/mol. The molecule has 3 aromatic heterocycles. The van der Waals surface area contributed by atoms with Crippen LogP contribution in [0, 0.1) is 18.3 Å². The second-order valence-electron chi connectivity index (χ2n) is 7.72. The normalized spacial score (nSPS) is 15.8. The number of aryl methyl sites for hydroxylation is 2. The van der Waals surface area contributed by atoms with E-state index in [0.717, 1.165) is 22.2 Å². The Morgan fingerprint density at radius 3 is 2.87 bits per heavy atom. The van der Waals surface area contributed by atoms with E-state index in [1.807, 2.05) is 25.1 Å². The van der Waals surface area contributed by atoms with Gasteiger partial charge in [-0.1, -0.05) is 0 Å². The molecule has 31 heavy (non-hydrogen) atoms. The van der Waals surface area contributed by atoms with E-state index in [1.54, 1.807) is 19.4 Å². The molecule has 156 valence electrons. The van der Waals surface area contributed by atoms with Gasteiger partial charge in [0.05, 0.1) is 24.0 Å². The number of fused-ring (bicyclic) bond motifs is 2. The first kappa shape index (κ1) is 19.1. The molecule has 0 amide bonds. The lowest BCUT2D eigenvalue weighted by Crippen LogP contribution is -2.44. The molecule has 10 heteroatoms. The Kier molecular flexibility index (Phi) is 4.41. The Bertz CT molecular complexity index is 1410. The van der Waals surface area contributed by atoms with Gasteiger partial charge in [-0.15, -0.1) is 0 Å². The number of aromatic nitrogens is 6. The van der Waals surface area contributed by atoms with E-state index in [2.05, 4.69) is 31.6 Å². The minimum absolute atomic E-state index is 0.287. The van der Waals surface area contributed by atoms with Crippen molar-refractivity contribution in [3.8, 4) is 6.07 Å². The van der Waals surface area contributed by atoms with Gasteiger partial charge in [-0.25, -0.2) is 9.78 Å². The van der Waals surface area contributed by atoms with E-state index >= 15 is 0 Å². The van der Waals surface area contributed by atoms with E-state index in [1.165, 1.54) is 9.13 Å². The van der Waals surface area contributed by atoms with Crippen molar-refractivity contribution < 1.29 is 4.74 Å². The van der Waals surface area contributed by atoms with Crippen molar-refractivity contribution in [3.05, 3.63) is 46.6 Å². The summed E-state index contributed by atoms with van der Waals surface area (Å²) in [4.78, 5) is 22.1. The Morgan fingerprint density at radius 1 is 1.29 bits per heavy atom. The van der Waals surface area contributed by atoms with Crippen LogP contribution in [0.1, 0.15) is 18.4 Å². The van der Waals surface area contributed by atoms with Crippen LogP contribution in [0.25, 0.3) is 22.1 Å². The molecule has 1 aliphatic heterocycles. The third-order valence-corrected chi connectivity index (χ3v) is 5.86. The van der Waals surface area contributed by atoms with Crippen molar-refractivity contribution in [3.63, 3.8) is 0 Å². The maximum atomic E-state index is 13.1. The van der Waals surface area contributed by atoms with Crippen molar-refractivity contribution in [2.24, 2.45) is 7.05 Å².